The van der Waals surface area contributed by atoms with E-state index in [1.54, 1.807) is 0 Å². The molecule has 2 fully saturated rings. The first-order chi connectivity index (χ1) is 7.77. The molecule has 0 aromatic rings. The third-order valence-electron chi connectivity index (χ3n) is 3.76. The summed E-state index contributed by atoms with van der Waals surface area (Å²) in [6.07, 6.45) is 4.80. The van der Waals surface area contributed by atoms with Crippen molar-refractivity contribution in [3.05, 3.63) is 0 Å². The van der Waals surface area contributed by atoms with E-state index in [1.165, 1.54) is 25.7 Å². The van der Waals surface area contributed by atoms with Gasteiger partial charge in [0.05, 0.1) is 6.54 Å². The number of rotatable bonds is 3. The molecule has 1 atom stereocenters. The van der Waals surface area contributed by atoms with Crippen molar-refractivity contribution in [1.29, 1.82) is 0 Å². The molecule has 2 rings (SSSR count). The molecule has 0 aromatic carbocycles. The maximum absolute atomic E-state index is 11.8. The van der Waals surface area contributed by atoms with E-state index in [4.69, 9.17) is 0 Å². The van der Waals surface area contributed by atoms with Gasteiger partial charge in [-0.2, -0.15) is 0 Å². The molecule has 1 amide bonds. The van der Waals surface area contributed by atoms with Crippen LogP contribution in [0.4, 0.5) is 0 Å². The van der Waals surface area contributed by atoms with Crippen LogP contribution in [0.15, 0.2) is 0 Å². The van der Waals surface area contributed by atoms with Crippen molar-refractivity contribution in [2.45, 2.75) is 31.7 Å². The van der Waals surface area contributed by atoms with Crippen LogP contribution in [-0.2, 0) is 4.79 Å². The van der Waals surface area contributed by atoms with Gasteiger partial charge in [0.25, 0.3) is 0 Å². The zero-order valence-corrected chi connectivity index (χ0v) is 10.2. The number of nitrogens with one attached hydrogen (secondary N) is 1. The SMILES string of the molecule is CN(CC(=O)N1CCC1)C1CCCNCC1. The van der Waals surface area contributed by atoms with Crippen LogP contribution in [0.3, 0.4) is 0 Å². The van der Waals surface area contributed by atoms with Gasteiger partial charge < -0.3 is 10.2 Å². The molecule has 16 heavy (non-hydrogen) atoms. The summed E-state index contributed by atoms with van der Waals surface area (Å²) in [5.74, 6) is 0.311. The third kappa shape index (κ3) is 2.95. The van der Waals surface area contributed by atoms with Crippen LogP contribution in [0.25, 0.3) is 0 Å². The van der Waals surface area contributed by atoms with E-state index < -0.39 is 0 Å². The molecule has 0 spiro atoms. The Balaban J connectivity index is 1.76. The Morgan fingerprint density at radius 2 is 2.12 bits per heavy atom. The molecule has 2 aliphatic rings. The van der Waals surface area contributed by atoms with Gasteiger partial charge in [0.15, 0.2) is 0 Å². The zero-order chi connectivity index (χ0) is 11.4. The van der Waals surface area contributed by atoms with E-state index in [2.05, 4.69) is 17.3 Å². The Kier molecular flexibility index (Phi) is 4.18. The molecule has 0 aliphatic carbocycles. The Labute approximate surface area is 98.0 Å². The van der Waals surface area contributed by atoms with Crippen LogP contribution in [0, 0.1) is 0 Å². The van der Waals surface area contributed by atoms with Crippen LogP contribution >= 0.6 is 0 Å². The highest BCUT2D eigenvalue weighted by molar-refractivity contribution is 5.78. The summed E-state index contributed by atoms with van der Waals surface area (Å²) >= 11 is 0. The smallest absolute Gasteiger partial charge is 0.236 e. The number of likely N-dealkylation sites (N-methyl/N-ethyl adjacent to an activating group) is 1. The van der Waals surface area contributed by atoms with E-state index in [1.807, 2.05) is 4.90 Å². The van der Waals surface area contributed by atoms with Gasteiger partial charge in [-0.05, 0) is 45.8 Å². The van der Waals surface area contributed by atoms with Gasteiger partial charge >= 0.3 is 0 Å². The Bertz CT molecular complexity index is 232. The summed E-state index contributed by atoms with van der Waals surface area (Å²) in [7, 11) is 2.09. The number of hydrogen-bond donors (Lipinski definition) is 1. The minimum Gasteiger partial charge on any atom is -0.341 e. The summed E-state index contributed by atoms with van der Waals surface area (Å²) in [5.41, 5.74) is 0. The van der Waals surface area contributed by atoms with Crippen LogP contribution in [0.2, 0.25) is 0 Å². The molecular weight excluding hydrogens is 202 g/mol. The normalized spacial score (nSPS) is 26.4. The lowest BCUT2D eigenvalue weighted by molar-refractivity contribution is -0.136. The standard InChI is InChI=1S/C12H23N3O/c1-14(10-12(16)15-8-3-9-15)11-4-2-6-13-7-5-11/h11,13H,2-10H2,1H3. The van der Waals surface area contributed by atoms with Crippen LogP contribution in [0.5, 0.6) is 0 Å². The summed E-state index contributed by atoms with van der Waals surface area (Å²) < 4.78 is 0. The Hall–Kier alpha value is -0.610. The molecule has 2 aliphatic heterocycles. The minimum absolute atomic E-state index is 0.311. The predicted molar refractivity (Wildman–Crippen MR) is 64.3 cm³/mol. The second-order valence-corrected chi connectivity index (χ2v) is 4.98. The second-order valence-electron chi connectivity index (χ2n) is 4.98. The molecule has 0 aromatic heterocycles. The lowest BCUT2D eigenvalue weighted by Gasteiger charge is -2.34. The van der Waals surface area contributed by atoms with Gasteiger partial charge in [-0.15, -0.1) is 0 Å². The maximum atomic E-state index is 11.8. The van der Waals surface area contributed by atoms with Gasteiger partial charge in [-0.1, -0.05) is 0 Å². The van der Waals surface area contributed by atoms with Crippen LogP contribution < -0.4 is 5.32 Å². The molecule has 2 heterocycles. The van der Waals surface area contributed by atoms with Crippen LogP contribution in [0.1, 0.15) is 25.7 Å². The first kappa shape index (κ1) is 11.9. The Morgan fingerprint density at radius 1 is 1.31 bits per heavy atom. The first-order valence-electron chi connectivity index (χ1n) is 6.46. The quantitative estimate of drug-likeness (QED) is 0.750. The van der Waals surface area contributed by atoms with Gasteiger partial charge in [-0.25, -0.2) is 0 Å². The molecule has 1 unspecified atom stereocenters. The van der Waals surface area contributed by atoms with Crippen molar-refractivity contribution >= 4 is 5.91 Å². The van der Waals surface area contributed by atoms with Crippen molar-refractivity contribution < 1.29 is 4.79 Å². The van der Waals surface area contributed by atoms with Gasteiger partial charge in [0.1, 0.15) is 0 Å². The molecule has 0 radical (unpaired) electrons. The van der Waals surface area contributed by atoms with Crippen molar-refractivity contribution in [1.82, 2.24) is 15.1 Å². The summed E-state index contributed by atoms with van der Waals surface area (Å²) in [5, 5.41) is 3.41. The van der Waals surface area contributed by atoms with Crippen molar-refractivity contribution in [3.8, 4) is 0 Å². The largest absolute Gasteiger partial charge is 0.341 e. The lowest BCUT2D eigenvalue weighted by Crippen LogP contribution is -2.48. The highest BCUT2D eigenvalue weighted by Gasteiger charge is 2.24. The van der Waals surface area contributed by atoms with E-state index >= 15 is 0 Å². The topological polar surface area (TPSA) is 35.6 Å². The highest BCUT2D eigenvalue weighted by atomic mass is 16.2. The Morgan fingerprint density at radius 3 is 2.81 bits per heavy atom. The molecule has 4 heteroatoms. The fourth-order valence-corrected chi connectivity index (χ4v) is 2.45. The second kappa shape index (κ2) is 5.64. The number of carbonyl (C=O) groups excluding carboxylic acids is 1. The fraction of sp³-hybridized carbons (Fsp3) is 0.917. The van der Waals surface area contributed by atoms with Gasteiger partial charge in [0.2, 0.25) is 5.91 Å². The van der Waals surface area contributed by atoms with E-state index in [9.17, 15) is 4.79 Å². The lowest BCUT2D eigenvalue weighted by atomic mass is 10.1. The van der Waals surface area contributed by atoms with E-state index in [-0.39, 0.29) is 0 Å². The van der Waals surface area contributed by atoms with Gasteiger partial charge in [0, 0.05) is 19.1 Å². The molecule has 1 N–H and O–H groups in total. The molecule has 2 saturated heterocycles. The van der Waals surface area contributed by atoms with Gasteiger partial charge in [-0.3, -0.25) is 9.69 Å². The molecule has 4 nitrogen and oxygen atoms in total. The average molecular weight is 225 g/mol. The number of carbonyl (C=O) groups is 1. The average Bonchev–Trinajstić information content (AvgIpc) is 2.42. The maximum Gasteiger partial charge on any atom is 0.236 e. The molecule has 0 saturated carbocycles. The number of nitrogens with zero attached hydrogens (tertiary/aromatic N) is 2. The summed E-state index contributed by atoms with van der Waals surface area (Å²) in [6, 6.07) is 0.584. The predicted octanol–water partition coefficient (Wildman–Crippen LogP) is 0.293. The zero-order valence-electron chi connectivity index (χ0n) is 10.2. The fourth-order valence-electron chi connectivity index (χ4n) is 2.45. The van der Waals surface area contributed by atoms with Crippen molar-refractivity contribution in [2.75, 3.05) is 39.8 Å². The van der Waals surface area contributed by atoms with Crippen LogP contribution in [-0.4, -0.2) is 61.5 Å². The monoisotopic (exact) mass is 225 g/mol. The summed E-state index contributed by atoms with van der Waals surface area (Å²) in [4.78, 5) is 16.0. The summed E-state index contributed by atoms with van der Waals surface area (Å²) in [6.45, 7) is 4.76. The number of amides is 1. The van der Waals surface area contributed by atoms with Crippen molar-refractivity contribution in [3.63, 3.8) is 0 Å². The van der Waals surface area contributed by atoms with E-state index in [0.29, 0.717) is 18.5 Å². The highest BCUT2D eigenvalue weighted by Crippen LogP contribution is 2.13. The van der Waals surface area contributed by atoms with E-state index in [0.717, 1.165) is 26.2 Å². The van der Waals surface area contributed by atoms with Crippen molar-refractivity contribution in [2.24, 2.45) is 0 Å². The number of hydrogen-bond acceptors (Lipinski definition) is 3. The minimum atomic E-state index is 0.311. The molecular formula is C12H23N3O. The molecule has 0 bridgehead atoms. The molecule has 92 valence electrons. The number of likely N-dealkylation sites (tertiary alicyclic amines) is 1. The third-order valence-corrected chi connectivity index (χ3v) is 3.76. The first-order valence-corrected chi connectivity index (χ1v) is 6.46.